The van der Waals surface area contributed by atoms with E-state index in [2.05, 4.69) is 0 Å². The number of benzene rings is 4. The van der Waals surface area contributed by atoms with Gasteiger partial charge in [0.25, 0.3) is 0 Å². The Morgan fingerprint density at radius 2 is 1.22 bits per heavy atom. The molecule has 0 aliphatic rings. The molecule has 4 aromatic carbocycles. The second-order valence-electron chi connectivity index (χ2n) is 7.45. The molecule has 0 atom stereocenters. The molecule has 32 heavy (non-hydrogen) atoms. The standard InChI is InChI=1S/C27H19F2NO2/c28-21-5-1-18(2-6-21)26-15-19(13-20-14-25(16-30)32-27(20)26)17-3-9-23(10-4-17)31-24-11-7-22(29)8-12-24/h1-15H,16,30H2. The molecule has 0 fully saturated rings. The Bertz CT molecular complexity index is 1370. The summed E-state index contributed by atoms with van der Waals surface area (Å²) in [5.74, 6) is 1.29. The normalized spacial score (nSPS) is 11.1. The smallest absolute Gasteiger partial charge is 0.142 e. The number of furan rings is 1. The highest BCUT2D eigenvalue weighted by Gasteiger charge is 2.13. The minimum atomic E-state index is -0.308. The number of fused-ring (bicyclic) bond motifs is 1. The molecule has 0 radical (unpaired) electrons. The largest absolute Gasteiger partial charge is 0.459 e. The molecular formula is C27H19F2NO2. The van der Waals surface area contributed by atoms with Crippen molar-refractivity contribution in [3.05, 3.63) is 108 Å². The molecule has 0 amide bonds. The summed E-state index contributed by atoms with van der Waals surface area (Å²) in [5, 5.41) is 0.925. The fraction of sp³-hybridized carbons (Fsp3) is 0.0370. The van der Waals surface area contributed by atoms with Crippen molar-refractivity contribution in [3.63, 3.8) is 0 Å². The van der Waals surface area contributed by atoms with Gasteiger partial charge in [-0.3, -0.25) is 0 Å². The van der Waals surface area contributed by atoms with Gasteiger partial charge in [0.05, 0.1) is 6.54 Å². The van der Waals surface area contributed by atoms with E-state index in [4.69, 9.17) is 14.9 Å². The zero-order valence-corrected chi connectivity index (χ0v) is 17.0. The van der Waals surface area contributed by atoms with E-state index in [0.29, 0.717) is 23.8 Å². The molecule has 0 unspecified atom stereocenters. The van der Waals surface area contributed by atoms with Crippen molar-refractivity contribution in [3.8, 4) is 33.8 Å². The van der Waals surface area contributed by atoms with E-state index in [-0.39, 0.29) is 11.6 Å². The molecule has 0 bridgehead atoms. The predicted molar refractivity (Wildman–Crippen MR) is 121 cm³/mol. The Morgan fingerprint density at radius 1 is 0.656 bits per heavy atom. The first-order valence-electron chi connectivity index (χ1n) is 10.2. The van der Waals surface area contributed by atoms with Gasteiger partial charge in [-0.05, 0) is 83.4 Å². The SMILES string of the molecule is NCc1cc2cc(-c3ccc(Oc4ccc(F)cc4)cc3)cc(-c3ccc(F)cc3)c2o1. The molecule has 5 heteroatoms. The molecule has 1 heterocycles. The van der Waals surface area contributed by atoms with Crippen LogP contribution in [0.1, 0.15) is 5.76 Å². The molecule has 3 nitrogen and oxygen atoms in total. The summed E-state index contributed by atoms with van der Waals surface area (Å²) in [6.07, 6.45) is 0. The van der Waals surface area contributed by atoms with Crippen molar-refractivity contribution < 1.29 is 17.9 Å². The first-order chi connectivity index (χ1) is 15.6. The first kappa shape index (κ1) is 20.0. The van der Waals surface area contributed by atoms with Crippen LogP contribution in [0, 0.1) is 11.6 Å². The third kappa shape index (κ3) is 3.98. The third-order valence-corrected chi connectivity index (χ3v) is 5.26. The molecule has 5 aromatic rings. The van der Waals surface area contributed by atoms with Crippen molar-refractivity contribution in [2.24, 2.45) is 5.73 Å². The van der Waals surface area contributed by atoms with Crippen molar-refractivity contribution in [2.75, 3.05) is 0 Å². The van der Waals surface area contributed by atoms with Crippen LogP contribution in [-0.4, -0.2) is 0 Å². The summed E-state index contributed by atoms with van der Waals surface area (Å²) in [6, 6.07) is 25.8. The van der Waals surface area contributed by atoms with Crippen LogP contribution in [-0.2, 0) is 6.54 Å². The highest BCUT2D eigenvalue weighted by atomic mass is 19.1. The molecule has 0 aliphatic heterocycles. The summed E-state index contributed by atoms with van der Waals surface area (Å²) in [6.45, 7) is 0.294. The number of halogens is 2. The van der Waals surface area contributed by atoms with Gasteiger partial charge in [-0.1, -0.05) is 24.3 Å². The molecule has 1 aromatic heterocycles. The lowest BCUT2D eigenvalue weighted by Gasteiger charge is -2.10. The average Bonchev–Trinajstić information content (AvgIpc) is 3.24. The maximum absolute atomic E-state index is 13.5. The highest BCUT2D eigenvalue weighted by molar-refractivity contribution is 5.97. The van der Waals surface area contributed by atoms with Gasteiger partial charge in [0, 0.05) is 10.9 Å². The number of nitrogens with two attached hydrogens (primary N) is 1. The maximum atomic E-state index is 13.5. The lowest BCUT2D eigenvalue weighted by atomic mass is 9.96. The van der Waals surface area contributed by atoms with E-state index < -0.39 is 0 Å². The highest BCUT2D eigenvalue weighted by Crippen LogP contribution is 2.36. The Morgan fingerprint density at radius 3 is 1.84 bits per heavy atom. The van der Waals surface area contributed by atoms with Gasteiger partial charge in [-0.2, -0.15) is 0 Å². The van der Waals surface area contributed by atoms with Crippen molar-refractivity contribution in [2.45, 2.75) is 6.54 Å². The quantitative estimate of drug-likeness (QED) is 0.320. The van der Waals surface area contributed by atoms with E-state index in [1.165, 1.54) is 24.3 Å². The number of hydrogen-bond donors (Lipinski definition) is 1. The van der Waals surface area contributed by atoms with Crippen molar-refractivity contribution in [1.82, 2.24) is 0 Å². The Balaban J connectivity index is 1.53. The summed E-state index contributed by atoms with van der Waals surface area (Å²) in [4.78, 5) is 0. The monoisotopic (exact) mass is 427 g/mol. The fourth-order valence-corrected chi connectivity index (χ4v) is 3.67. The Labute approximate surface area is 183 Å². The topological polar surface area (TPSA) is 48.4 Å². The Hall–Kier alpha value is -3.96. The minimum Gasteiger partial charge on any atom is -0.459 e. The van der Waals surface area contributed by atoms with Crippen LogP contribution in [0.15, 0.2) is 95.4 Å². The van der Waals surface area contributed by atoms with Crippen LogP contribution in [0.2, 0.25) is 0 Å². The molecule has 0 saturated heterocycles. The van der Waals surface area contributed by atoms with Gasteiger partial charge in [0.15, 0.2) is 0 Å². The lowest BCUT2D eigenvalue weighted by Crippen LogP contribution is -1.92. The van der Waals surface area contributed by atoms with Gasteiger partial charge in [-0.25, -0.2) is 8.78 Å². The van der Waals surface area contributed by atoms with Gasteiger partial charge in [-0.15, -0.1) is 0 Å². The molecular weight excluding hydrogens is 408 g/mol. The van der Waals surface area contributed by atoms with Crippen LogP contribution >= 0.6 is 0 Å². The fourth-order valence-electron chi connectivity index (χ4n) is 3.67. The van der Waals surface area contributed by atoms with Gasteiger partial charge < -0.3 is 14.9 Å². The van der Waals surface area contributed by atoms with Crippen LogP contribution < -0.4 is 10.5 Å². The lowest BCUT2D eigenvalue weighted by molar-refractivity contribution is 0.480. The van der Waals surface area contributed by atoms with Crippen LogP contribution in [0.25, 0.3) is 33.2 Å². The van der Waals surface area contributed by atoms with Gasteiger partial charge >= 0.3 is 0 Å². The second-order valence-corrected chi connectivity index (χ2v) is 7.45. The van der Waals surface area contributed by atoms with Crippen LogP contribution in [0.4, 0.5) is 8.78 Å². The van der Waals surface area contributed by atoms with E-state index >= 15 is 0 Å². The minimum absolute atomic E-state index is 0.292. The molecule has 0 aliphatic carbocycles. The predicted octanol–water partition coefficient (Wildman–Crippen LogP) is 7.30. The molecule has 158 valence electrons. The number of ether oxygens (including phenoxy) is 1. The zero-order valence-electron chi connectivity index (χ0n) is 17.0. The Kier molecular flexibility index (Phi) is 5.17. The van der Waals surface area contributed by atoms with E-state index in [0.717, 1.165) is 33.2 Å². The van der Waals surface area contributed by atoms with Crippen molar-refractivity contribution in [1.29, 1.82) is 0 Å². The van der Waals surface area contributed by atoms with Crippen LogP contribution in [0.5, 0.6) is 11.5 Å². The third-order valence-electron chi connectivity index (χ3n) is 5.26. The summed E-state index contributed by atoms with van der Waals surface area (Å²) < 4.78 is 38.3. The number of hydrogen-bond acceptors (Lipinski definition) is 3. The summed E-state index contributed by atoms with van der Waals surface area (Å²) in [7, 11) is 0. The molecule has 5 rings (SSSR count). The van der Waals surface area contributed by atoms with E-state index in [1.54, 1.807) is 24.3 Å². The zero-order chi connectivity index (χ0) is 22.1. The van der Waals surface area contributed by atoms with E-state index in [9.17, 15) is 8.78 Å². The van der Waals surface area contributed by atoms with Gasteiger partial charge in [0.2, 0.25) is 0 Å². The summed E-state index contributed by atoms with van der Waals surface area (Å²) >= 11 is 0. The van der Waals surface area contributed by atoms with Crippen LogP contribution in [0.3, 0.4) is 0 Å². The van der Waals surface area contributed by atoms with Crippen molar-refractivity contribution >= 4 is 11.0 Å². The number of rotatable bonds is 5. The molecule has 0 saturated carbocycles. The van der Waals surface area contributed by atoms with E-state index in [1.807, 2.05) is 42.5 Å². The molecule has 2 N–H and O–H groups in total. The maximum Gasteiger partial charge on any atom is 0.142 e. The summed E-state index contributed by atoms with van der Waals surface area (Å²) in [5.41, 5.74) is 10.2. The first-order valence-corrected chi connectivity index (χ1v) is 10.2. The molecule has 0 spiro atoms. The average molecular weight is 427 g/mol. The van der Waals surface area contributed by atoms with Gasteiger partial charge in [0.1, 0.15) is 34.5 Å². The second kappa shape index (κ2) is 8.29.